The maximum atomic E-state index is 6.65. The first kappa shape index (κ1) is 40.0. The average molecular weight is 951 g/mol. The largest absolute Gasteiger partial charge is 0.256 e. The summed E-state index contributed by atoms with van der Waals surface area (Å²) in [5.41, 5.74) is 6.20. The zero-order valence-electron chi connectivity index (χ0n) is 35.1. The van der Waals surface area contributed by atoms with Crippen molar-refractivity contribution in [1.82, 2.24) is 14.4 Å². The number of aromatic nitrogens is 3. The summed E-state index contributed by atoms with van der Waals surface area (Å²) in [6.45, 7) is 0. The number of rotatable bonds is 8. The number of hydrogen-bond donors (Lipinski definition) is 0. The van der Waals surface area contributed by atoms with Gasteiger partial charge in [0.15, 0.2) is 0 Å². The van der Waals surface area contributed by atoms with Crippen LogP contribution in [0.4, 0.5) is 0 Å². The molecule has 12 rings (SSSR count). The van der Waals surface area contributed by atoms with Crippen LogP contribution in [0.25, 0.3) is 71.5 Å². The summed E-state index contributed by atoms with van der Waals surface area (Å²) < 4.78 is 2.36. The predicted molar refractivity (Wildman–Crippen MR) is 284 cm³/mol. The van der Waals surface area contributed by atoms with E-state index in [0.717, 1.165) is 65.7 Å². The first-order chi connectivity index (χ1) is 32.0. The summed E-state index contributed by atoms with van der Waals surface area (Å²) in [6, 6.07) is 80.7. The van der Waals surface area contributed by atoms with Crippen molar-refractivity contribution >= 4 is 119 Å². The zero-order valence-corrected chi connectivity index (χ0v) is 39.4. The Kier molecular flexibility index (Phi) is 9.95. The summed E-state index contributed by atoms with van der Waals surface area (Å²) >= 11 is 10.4. The van der Waals surface area contributed by atoms with Gasteiger partial charge in [0.1, 0.15) is 0 Å². The molecular formula is C58H39N3P2SSe. The molecule has 0 aliphatic rings. The van der Waals surface area contributed by atoms with Crippen molar-refractivity contribution in [3.63, 3.8) is 0 Å². The molecule has 0 unspecified atom stereocenters. The van der Waals surface area contributed by atoms with Crippen molar-refractivity contribution in [2.75, 3.05) is 0 Å². The molecule has 0 N–H and O–H groups in total. The number of benzene rings is 9. The Morgan fingerprint density at radius 3 is 1.57 bits per heavy atom. The molecule has 7 heteroatoms. The molecule has 9 aromatic carbocycles. The standard InChI is InChI=1S/C58H39N3P2SSe/c64-62(42-17-5-1-6-18-42,43-19-7-2-8-20-43)46-31-35-53(59-39-46)41-29-32-50-49-26-14-16-28-52(49)58-60-54-34-30-40(37-56(54)61(58)55(50)38-41)47-33-36-57(51-27-15-13-25-48(47)51)63(65,44-21-9-3-10-22-44)45-23-11-4-12-24-45/h1-39H. The molecule has 0 spiro atoms. The van der Waals surface area contributed by atoms with Crippen molar-refractivity contribution < 1.29 is 0 Å². The van der Waals surface area contributed by atoms with Crippen LogP contribution in [-0.2, 0) is 11.8 Å². The van der Waals surface area contributed by atoms with Gasteiger partial charge in [0.2, 0.25) is 0 Å². The third-order valence-corrected chi connectivity index (χ3v) is 24.7. The summed E-state index contributed by atoms with van der Waals surface area (Å²) in [4.78, 5) is 10.5. The van der Waals surface area contributed by atoms with Crippen molar-refractivity contribution in [3.8, 4) is 22.4 Å². The van der Waals surface area contributed by atoms with E-state index in [9.17, 15) is 0 Å². The molecule has 0 saturated heterocycles. The first-order valence-electron chi connectivity index (χ1n) is 21.7. The number of hydrogen-bond acceptors (Lipinski definition) is 3. The molecule has 0 aliphatic heterocycles. The molecule has 65 heavy (non-hydrogen) atoms. The third-order valence-electron chi connectivity index (χ3n) is 12.8. The predicted octanol–water partition coefficient (Wildman–Crippen LogP) is 11.8. The quantitative estimate of drug-likeness (QED) is 0.0864. The minimum absolute atomic E-state index is 0.898. The number of pyridine rings is 2. The maximum Gasteiger partial charge on any atom is 0.0366 e. The second-order valence-corrected chi connectivity index (χ2v) is 27.0. The van der Waals surface area contributed by atoms with Crippen LogP contribution in [-0.4, -0.2) is 29.5 Å². The van der Waals surface area contributed by atoms with E-state index in [1.807, 2.05) is 18.3 Å². The van der Waals surface area contributed by atoms with Gasteiger partial charge in [-0.05, 0) is 22.7 Å². The van der Waals surface area contributed by atoms with E-state index < -0.39 is 11.5 Å². The minimum atomic E-state index is -2.33. The monoisotopic (exact) mass is 951 g/mol. The van der Waals surface area contributed by atoms with Crippen LogP contribution in [0.5, 0.6) is 0 Å². The SMILES string of the molecule is S=P(c1ccccc1)(c1ccccc1)c1ccc(-c2ccc3c4ccccc4c4nc5ccc(-c6ccc(P(=[Se])(c7ccccc7)c7ccccc7)c7ccccc67)cc5n4c3c2)nc1. The fourth-order valence-corrected chi connectivity index (χ4v) is 18.7. The van der Waals surface area contributed by atoms with Crippen molar-refractivity contribution in [1.29, 1.82) is 0 Å². The minimum Gasteiger partial charge on any atom is -0.256 e. The van der Waals surface area contributed by atoms with Gasteiger partial charge >= 0.3 is 245 Å². The summed E-state index contributed by atoms with van der Waals surface area (Å²) in [5.74, 6) is 0. The van der Waals surface area contributed by atoms with Crippen LogP contribution in [0.15, 0.2) is 237 Å². The summed E-state index contributed by atoms with van der Waals surface area (Å²) in [6.07, 6.45) is 2.01. The van der Waals surface area contributed by atoms with Crippen molar-refractivity contribution in [2.24, 2.45) is 0 Å². The topological polar surface area (TPSA) is 30.2 Å². The smallest absolute Gasteiger partial charge is 0.0366 e. The van der Waals surface area contributed by atoms with Crippen LogP contribution in [0, 0.1) is 0 Å². The Bertz CT molecular complexity index is 3790. The van der Waals surface area contributed by atoms with Gasteiger partial charge in [-0.25, -0.2) is 0 Å². The van der Waals surface area contributed by atoms with Gasteiger partial charge in [-0.2, -0.15) is 0 Å². The first-order valence-corrected chi connectivity index (χ1v) is 28.5. The van der Waals surface area contributed by atoms with Crippen molar-refractivity contribution in [2.45, 2.75) is 0 Å². The normalized spacial score (nSPS) is 12.1. The number of fused-ring (bicyclic) bond motifs is 9. The maximum absolute atomic E-state index is 6.65. The average Bonchev–Trinajstić information content (AvgIpc) is 3.78. The molecule has 3 aromatic heterocycles. The number of nitrogens with zero attached hydrogens (tertiary/aromatic N) is 3. The van der Waals surface area contributed by atoms with E-state index >= 15 is 0 Å². The third kappa shape index (κ3) is 6.53. The van der Waals surface area contributed by atoms with E-state index in [2.05, 4.69) is 238 Å². The van der Waals surface area contributed by atoms with Crippen LogP contribution < -0.4 is 31.8 Å². The molecule has 308 valence electrons. The van der Waals surface area contributed by atoms with Gasteiger partial charge < -0.3 is 0 Å². The molecule has 12 aromatic rings. The Balaban J connectivity index is 1.03. The van der Waals surface area contributed by atoms with E-state index in [1.54, 1.807) is 0 Å². The Morgan fingerprint density at radius 2 is 0.954 bits per heavy atom. The van der Waals surface area contributed by atoms with Gasteiger partial charge in [0, 0.05) is 17.5 Å². The second-order valence-electron chi connectivity index (χ2n) is 16.4. The fraction of sp³-hybridized carbons (Fsp3) is 0. The van der Waals surface area contributed by atoms with Gasteiger partial charge in [-0.15, -0.1) is 0 Å². The second kappa shape index (κ2) is 16.2. The Hall–Kier alpha value is -6.54. The van der Waals surface area contributed by atoms with Crippen LogP contribution in [0.1, 0.15) is 0 Å². The molecule has 0 fully saturated rings. The molecule has 0 aliphatic carbocycles. The molecule has 3 nitrogen and oxygen atoms in total. The summed E-state index contributed by atoms with van der Waals surface area (Å²) in [5, 5.41) is 13.3. The molecule has 0 atom stereocenters. The Morgan fingerprint density at radius 1 is 0.415 bits per heavy atom. The van der Waals surface area contributed by atoms with E-state index in [-0.39, 0.29) is 0 Å². The molecular weight excluding hydrogens is 912 g/mol. The van der Waals surface area contributed by atoms with E-state index in [1.165, 1.54) is 37.6 Å². The molecule has 0 saturated carbocycles. The van der Waals surface area contributed by atoms with Gasteiger partial charge in [0.25, 0.3) is 0 Å². The molecule has 0 amide bonds. The Labute approximate surface area is 390 Å². The molecule has 3 heterocycles. The summed E-state index contributed by atoms with van der Waals surface area (Å²) in [7, 11) is 0. The molecule has 0 bridgehead atoms. The van der Waals surface area contributed by atoms with Crippen LogP contribution in [0.3, 0.4) is 0 Å². The van der Waals surface area contributed by atoms with Crippen LogP contribution >= 0.6 is 11.5 Å². The van der Waals surface area contributed by atoms with E-state index in [4.69, 9.17) is 21.8 Å². The van der Waals surface area contributed by atoms with E-state index in [0.29, 0.717) is 0 Å². The molecule has 0 radical (unpaired) electrons. The van der Waals surface area contributed by atoms with Crippen LogP contribution in [0.2, 0.25) is 0 Å². The van der Waals surface area contributed by atoms with Gasteiger partial charge in [0.05, 0.1) is 5.69 Å². The van der Waals surface area contributed by atoms with Crippen molar-refractivity contribution in [3.05, 3.63) is 237 Å². The number of imidazole rings is 1. The van der Waals surface area contributed by atoms with Gasteiger partial charge in [-0.3, -0.25) is 4.98 Å². The van der Waals surface area contributed by atoms with Gasteiger partial charge in [-0.1, -0.05) is 96.7 Å². The fourth-order valence-electron chi connectivity index (χ4n) is 9.66. The zero-order chi connectivity index (χ0) is 43.5.